The van der Waals surface area contributed by atoms with E-state index in [1.807, 2.05) is 6.08 Å². The summed E-state index contributed by atoms with van der Waals surface area (Å²) in [5.74, 6) is -0.912. The minimum absolute atomic E-state index is 0.00973. The zero-order valence-electron chi connectivity index (χ0n) is 13.9. The molecule has 0 aliphatic heterocycles. The Bertz CT molecular complexity index is 310. The molecule has 0 amide bonds. The quantitative estimate of drug-likeness (QED) is 0.141. The average molecular weight is 312 g/mol. The molecular weight excluding hydrogens is 280 g/mol. The van der Waals surface area contributed by atoms with Crippen LogP contribution in [-0.4, -0.2) is 22.4 Å². The van der Waals surface area contributed by atoms with E-state index in [-0.39, 0.29) is 6.10 Å². The van der Waals surface area contributed by atoms with Gasteiger partial charge in [-0.1, -0.05) is 70.1 Å². The summed E-state index contributed by atoms with van der Waals surface area (Å²) in [5.41, 5.74) is 0. The molecule has 0 aliphatic carbocycles. The van der Waals surface area contributed by atoms with Gasteiger partial charge in [0.1, 0.15) is 0 Å². The molecule has 0 spiro atoms. The Kier molecular flexibility index (Phi) is 15.4. The van der Waals surface area contributed by atoms with E-state index in [1.54, 1.807) is 12.2 Å². The standard InChI is InChI=1S/C18H32O4/c1-2-3-11-14-17(22-21)15-12-9-7-5-4-6-8-10-13-16-18(19)20/h8,10,13,16-17,21H,2-7,9,11-12,14-15H2,1H3,(H,19,20)/b10-8+,16-13+. The van der Waals surface area contributed by atoms with Crippen LogP contribution in [0, 0.1) is 0 Å². The second-order valence-electron chi connectivity index (χ2n) is 5.69. The lowest BCUT2D eigenvalue weighted by Gasteiger charge is -2.12. The molecule has 4 heteroatoms. The molecule has 1 unspecified atom stereocenters. The highest BCUT2D eigenvalue weighted by molar-refractivity contribution is 5.80. The van der Waals surface area contributed by atoms with Crippen LogP contribution in [0.4, 0.5) is 0 Å². The predicted molar refractivity (Wildman–Crippen MR) is 89.9 cm³/mol. The average Bonchev–Trinajstić information content (AvgIpc) is 2.50. The van der Waals surface area contributed by atoms with Crippen LogP contribution in [0.25, 0.3) is 0 Å². The van der Waals surface area contributed by atoms with Crippen molar-refractivity contribution in [1.29, 1.82) is 0 Å². The van der Waals surface area contributed by atoms with Crippen molar-refractivity contribution in [3.8, 4) is 0 Å². The van der Waals surface area contributed by atoms with Crippen LogP contribution in [-0.2, 0) is 9.68 Å². The van der Waals surface area contributed by atoms with Crippen LogP contribution < -0.4 is 0 Å². The molecule has 0 aromatic rings. The van der Waals surface area contributed by atoms with Gasteiger partial charge in [0, 0.05) is 6.08 Å². The third-order valence-electron chi connectivity index (χ3n) is 3.66. The first-order valence-electron chi connectivity index (χ1n) is 8.57. The van der Waals surface area contributed by atoms with E-state index in [0.29, 0.717) is 0 Å². The summed E-state index contributed by atoms with van der Waals surface area (Å²) >= 11 is 0. The maximum absolute atomic E-state index is 10.2. The monoisotopic (exact) mass is 312 g/mol. The van der Waals surface area contributed by atoms with Gasteiger partial charge in [0.25, 0.3) is 0 Å². The van der Waals surface area contributed by atoms with Crippen LogP contribution in [0.5, 0.6) is 0 Å². The van der Waals surface area contributed by atoms with Gasteiger partial charge in [-0.25, -0.2) is 9.68 Å². The lowest BCUT2D eigenvalue weighted by Crippen LogP contribution is -2.10. The normalized spacial score (nSPS) is 13.2. The Labute approximate surface area is 134 Å². The van der Waals surface area contributed by atoms with E-state index >= 15 is 0 Å². The van der Waals surface area contributed by atoms with E-state index in [2.05, 4.69) is 11.8 Å². The molecule has 0 radical (unpaired) electrons. The fourth-order valence-electron chi connectivity index (χ4n) is 2.35. The van der Waals surface area contributed by atoms with Gasteiger partial charge >= 0.3 is 5.97 Å². The molecule has 0 saturated heterocycles. The Hall–Kier alpha value is -1.13. The molecule has 0 saturated carbocycles. The van der Waals surface area contributed by atoms with Crippen LogP contribution in [0.3, 0.4) is 0 Å². The zero-order chi connectivity index (χ0) is 16.5. The third-order valence-corrected chi connectivity index (χ3v) is 3.66. The summed E-state index contributed by atoms with van der Waals surface area (Å²) in [5, 5.41) is 17.3. The lowest BCUT2D eigenvalue weighted by molar-refractivity contribution is -0.281. The molecule has 1 atom stereocenters. The number of carboxylic acids is 1. The van der Waals surface area contributed by atoms with Gasteiger partial charge in [-0.15, -0.1) is 0 Å². The third kappa shape index (κ3) is 15.3. The number of aliphatic carboxylic acids is 1. The highest BCUT2D eigenvalue weighted by atomic mass is 17.1. The van der Waals surface area contributed by atoms with Crippen LogP contribution in [0.15, 0.2) is 24.3 Å². The maximum atomic E-state index is 10.2. The van der Waals surface area contributed by atoms with Crippen molar-refractivity contribution < 1.29 is 20.0 Å². The molecule has 2 N–H and O–H groups in total. The van der Waals surface area contributed by atoms with Gasteiger partial charge in [0.2, 0.25) is 0 Å². The number of allylic oxidation sites excluding steroid dienone is 3. The van der Waals surface area contributed by atoms with E-state index < -0.39 is 5.97 Å². The minimum atomic E-state index is -0.912. The molecule has 0 fully saturated rings. The topological polar surface area (TPSA) is 66.8 Å². The van der Waals surface area contributed by atoms with Crippen molar-refractivity contribution in [2.24, 2.45) is 0 Å². The minimum Gasteiger partial charge on any atom is -0.478 e. The van der Waals surface area contributed by atoms with E-state index in [1.165, 1.54) is 32.1 Å². The molecule has 4 nitrogen and oxygen atoms in total. The van der Waals surface area contributed by atoms with Crippen LogP contribution >= 0.6 is 0 Å². The molecular formula is C18H32O4. The number of unbranched alkanes of at least 4 members (excludes halogenated alkanes) is 7. The summed E-state index contributed by atoms with van der Waals surface area (Å²) in [7, 11) is 0. The first kappa shape index (κ1) is 20.9. The van der Waals surface area contributed by atoms with Crippen molar-refractivity contribution >= 4 is 5.97 Å². The highest BCUT2D eigenvalue weighted by Gasteiger charge is 2.07. The smallest absolute Gasteiger partial charge is 0.328 e. The van der Waals surface area contributed by atoms with Gasteiger partial charge in [-0.2, -0.15) is 0 Å². The Morgan fingerprint density at radius 2 is 1.64 bits per heavy atom. The Balaban J connectivity index is 3.39. The SMILES string of the molecule is CCCCCC(CCCCCCC/C=C/C=C/C(=O)O)OO. The van der Waals surface area contributed by atoms with Gasteiger partial charge in [0.15, 0.2) is 0 Å². The van der Waals surface area contributed by atoms with Gasteiger partial charge < -0.3 is 5.11 Å². The summed E-state index contributed by atoms with van der Waals surface area (Å²) in [6, 6.07) is 0. The number of hydrogen-bond donors (Lipinski definition) is 2. The lowest BCUT2D eigenvalue weighted by atomic mass is 10.0. The fourth-order valence-corrected chi connectivity index (χ4v) is 2.35. The second-order valence-corrected chi connectivity index (χ2v) is 5.69. The fraction of sp³-hybridized carbons (Fsp3) is 0.722. The largest absolute Gasteiger partial charge is 0.478 e. The molecule has 128 valence electrons. The van der Waals surface area contributed by atoms with Crippen molar-refractivity contribution in [1.82, 2.24) is 0 Å². The first-order chi connectivity index (χ1) is 10.7. The number of rotatable bonds is 15. The van der Waals surface area contributed by atoms with E-state index in [0.717, 1.165) is 44.6 Å². The van der Waals surface area contributed by atoms with E-state index in [9.17, 15) is 4.79 Å². The summed E-state index contributed by atoms with van der Waals surface area (Å²) in [4.78, 5) is 14.8. The molecule has 0 aromatic heterocycles. The molecule has 0 heterocycles. The maximum Gasteiger partial charge on any atom is 0.328 e. The summed E-state index contributed by atoms with van der Waals surface area (Å²) in [6.07, 6.45) is 18.7. The number of carbonyl (C=O) groups is 1. The predicted octanol–water partition coefficient (Wildman–Crippen LogP) is 5.35. The van der Waals surface area contributed by atoms with E-state index in [4.69, 9.17) is 10.4 Å². The zero-order valence-corrected chi connectivity index (χ0v) is 13.9. The molecule has 0 bridgehead atoms. The number of carboxylic acid groups (broad SMARTS) is 1. The molecule has 0 rings (SSSR count). The van der Waals surface area contributed by atoms with Gasteiger partial charge in [-0.3, -0.25) is 5.26 Å². The molecule has 0 aromatic carbocycles. The highest BCUT2D eigenvalue weighted by Crippen LogP contribution is 2.14. The molecule has 22 heavy (non-hydrogen) atoms. The second kappa shape index (κ2) is 16.2. The van der Waals surface area contributed by atoms with Gasteiger partial charge in [-0.05, 0) is 25.7 Å². The van der Waals surface area contributed by atoms with Crippen molar-refractivity contribution in [3.63, 3.8) is 0 Å². The van der Waals surface area contributed by atoms with Crippen molar-refractivity contribution in [3.05, 3.63) is 24.3 Å². The first-order valence-corrected chi connectivity index (χ1v) is 8.57. The summed E-state index contributed by atoms with van der Waals surface area (Å²) in [6.45, 7) is 2.17. The van der Waals surface area contributed by atoms with Crippen LogP contribution in [0.1, 0.15) is 77.6 Å². The summed E-state index contributed by atoms with van der Waals surface area (Å²) < 4.78 is 0. The van der Waals surface area contributed by atoms with Gasteiger partial charge in [0.05, 0.1) is 6.10 Å². The van der Waals surface area contributed by atoms with Crippen molar-refractivity contribution in [2.45, 2.75) is 83.7 Å². The Morgan fingerprint density at radius 3 is 2.27 bits per heavy atom. The Morgan fingerprint density at radius 1 is 1.00 bits per heavy atom. The van der Waals surface area contributed by atoms with Crippen molar-refractivity contribution in [2.75, 3.05) is 0 Å². The number of hydrogen-bond acceptors (Lipinski definition) is 3. The molecule has 0 aliphatic rings. The van der Waals surface area contributed by atoms with Crippen LogP contribution in [0.2, 0.25) is 0 Å².